The van der Waals surface area contributed by atoms with Crippen molar-refractivity contribution < 1.29 is 4.52 Å². The zero-order valence-electron chi connectivity index (χ0n) is 8.58. The maximum atomic E-state index is 5.17. The van der Waals surface area contributed by atoms with Gasteiger partial charge < -0.3 is 9.84 Å². The first kappa shape index (κ1) is 9.40. The van der Waals surface area contributed by atoms with Gasteiger partial charge in [-0.3, -0.25) is 0 Å². The van der Waals surface area contributed by atoms with Crippen LogP contribution in [0, 0.1) is 5.92 Å². The predicted molar refractivity (Wildman–Crippen MR) is 53.7 cm³/mol. The molecule has 1 aliphatic rings. The minimum absolute atomic E-state index is 0.538. The summed E-state index contributed by atoms with van der Waals surface area (Å²) < 4.78 is 5.17. The van der Waals surface area contributed by atoms with E-state index in [-0.39, 0.29) is 0 Å². The quantitative estimate of drug-likeness (QED) is 0.768. The molecule has 4 nitrogen and oxygen atoms in total. The second-order valence-electron chi connectivity index (χ2n) is 3.67. The Balaban J connectivity index is 2.21. The number of hydrogen-bond donors (Lipinski definition) is 1. The van der Waals surface area contributed by atoms with Crippen molar-refractivity contribution in [3.8, 4) is 0 Å². The van der Waals surface area contributed by atoms with Crippen LogP contribution in [0.1, 0.15) is 25.6 Å². The molecule has 4 heteroatoms. The number of rotatable bonds is 2. The van der Waals surface area contributed by atoms with Crippen molar-refractivity contribution in [1.82, 2.24) is 15.5 Å². The molecular formula is C10H15N3O. The molecule has 76 valence electrons. The highest BCUT2D eigenvalue weighted by Crippen LogP contribution is 2.17. The second kappa shape index (κ2) is 3.92. The lowest BCUT2D eigenvalue weighted by Gasteiger charge is -2.16. The van der Waals surface area contributed by atoms with Crippen LogP contribution in [0.5, 0.6) is 0 Å². The molecule has 0 spiro atoms. The highest BCUT2D eigenvalue weighted by Gasteiger charge is 2.15. The van der Waals surface area contributed by atoms with Gasteiger partial charge in [0.25, 0.3) is 5.89 Å². The first-order chi connectivity index (χ1) is 6.79. The van der Waals surface area contributed by atoms with Crippen LogP contribution < -0.4 is 5.32 Å². The highest BCUT2D eigenvalue weighted by atomic mass is 16.5. The van der Waals surface area contributed by atoms with Crippen molar-refractivity contribution in [3.63, 3.8) is 0 Å². The fourth-order valence-electron chi connectivity index (χ4n) is 1.57. The number of nitrogens with one attached hydrogen (secondary N) is 1. The predicted octanol–water partition coefficient (Wildman–Crippen LogP) is 1.25. The Hall–Kier alpha value is -1.16. The van der Waals surface area contributed by atoms with Crippen LogP contribution >= 0.6 is 0 Å². The van der Waals surface area contributed by atoms with Crippen molar-refractivity contribution in [1.29, 1.82) is 0 Å². The van der Waals surface area contributed by atoms with Crippen LogP contribution in [0.4, 0.5) is 0 Å². The molecule has 1 aromatic heterocycles. The highest BCUT2D eigenvalue weighted by molar-refractivity contribution is 5.61. The largest absolute Gasteiger partial charge is 0.334 e. The van der Waals surface area contributed by atoms with Crippen molar-refractivity contribution in [3.05, 3.63) is 17.8 Å². The van der Waals surface area contributed by atoms with Gasteiger partial charge in [-0.15, -0.1) is 0 Å². The molecule has 0 saturated carbocycles. The van der Waals surface area contributed by atoms with E-state index in [1.165, 1.54) is 0 Å². The summed E-state index contributed by atoms with van der Waals surface area (Å²) in [6, 6.07) is 0. The molecule has 1 aliphatic heterocycles. The van der Waals surface area contributed by atoms with E-state index in [2.05, 4.69) is 28.5 Å². The third kappa shape index (κ3) is 1.85. The molecule has 0 aromatic carbocycles. The standard InChI is InChI=1S/C10H15N3O/c1-3-9-12-10(14-13-9)8-4-7(2)5-11-6-8/h4,7,11H,3,5-6H2,1-2H3. The SMILES string of the molecule is CCc1noc(C2=CC(C)CNC2)n1. The number of hydrogen-bond acceptors (Lipinski definition) is 4. The Morgan fingerprint density at radius 1 is 1.64 bits per heavy atom. The van der Waals surface area contributed by atoms with Crippen molar-refractivity contribution in [2.45, 2.75) is 20.3 Å². The Labute approximate surface area is 83.4 Å². The Morgan fingerprint density at radius 2 is 2.50 bits per heavy atom. The van der Waals surface area contributed by atoms with Gasteiger partial charge in [0.1, 0.15) is 0 Å². The summed E-state index contributed by atoms with van der Waals surface area (Å²) in [5.74, 6) is 1.98. The van der Waals surface area contributed by atoms with Gasteiger partial charge in [0.2, 0.25) is 0 Å². The first-order valence-electron chi connectivity index (χ1n) is 5.04. The maximum absolute atomic E-state index is 5.17. The van der Waals surface area contributed by atoms with Crippen LogP contribution in [0.2, 0.25) is 0 Å². The van der Waals surface area contributed by atoms with E-state index in [0.717, 1.165) is 30.9 Å². The Kier molecular flexibility index (Phi) is 2.63. The lowest BCUT2D eigenvalue weighted by molar-refractivity contribution is 0.397. The summed E-state index contributed by atoms with van der Waals surface area (Å²) >= 11 is 0. The molecule has 2 rings (SSSR count). The summed E-state index contributed by atoms with van der Waals surface area (Å²) in [6.45, 7) is 6.04. The van der Waals surface area contributed by atoms with Gasteiger partial charge in [-0.25, -0.2) is 0 Å². The van der Waals surface area contributed by atoms with Gasteiger partial charge in [-0.1, -0.05) is 25.1 Å². The molecule has 0 radical (unpaired) electrons. The third-order valence-corrected chi connectivity index (χ3v) is 2.33. The average Bonchev–Trinajstić information content (AvgIpc) is 2.66. The second-order valence-corrected chi connectivity index (χ2v) is 3.67. The topological polar surface area (TPSA) is 51.0 Å². The molecule has 1 atom stereocenters. The van der Waals surface area contributed by atoms with Crippen LogP contribution in [-0.2, 0) is 6.42 Å². The third-order valence-electron chi connectivity index (χ3n) is 2.33. The average molecular weight is 193 g/mol. The van der Waals surface area contributed by atoms with E-state index in [1.807, 2.05) is 6.92 Å². The molecule has 0 amide bonds. The lowest BCUT2D eigenvalue weighted by atomic mass is 10.0. The summed E-state index contributed by atoms with van der Waals surface area (Å²) in [6.07, 6.45) is 3.02. The number of nitrogens with zero attached hydrogens (tertiary/aromatic N) is 2. The van der Waals surface area contributed by atoms with Gasteiger partial charge in [0.05, 0.1) is 0 Å². The Morgan fingerprint density at radius 3 is 3.14 bits per heavy atom. The van der Waals surface area contributed by atoms with E-state index < -0.39 is 0 Å². The van der Waals surface area contributed by atoms with Gasteiger partial charge in [-0.2, -0.15) is 4.98 Å². The monoisotopic (exact) mass is 193 g/mol. The molecular weight excluding hydrogens is 178 g/mol. The minimum atomic E-state index is 0.538. The van der Waals surface area contributed by atoms with Crippen molar-refractivity contribution in [2.75, 3.05) is 13.1 Å². The summed E-state index contributed by atoms with van der Waals surface area (Å²) in [4.78, 5) is 4.30. The zero-order chi connectivity index (χ0) is 9.97. The fourth-order valence-corrected chi connectivity index (χ4v) is 1.57. The van der Waals surface area contributed by atoms with E-state index >= 15 is 0 Å². The van der Waals surface area contributed by atoms with E-state index in [1.54, 1.807) is 0 Å². The normalized spacial score (nSPS) is 22.1. The first-order valence-corrected chi connectivity index (χ1v) is 5.04. The van der Waals surface area contributed by atoms with Crippen molar-refractivity contribution in [2.24, 2.45) is 5.92 Å². The van der Waals surface area contributed by atoms with Gasteiger partial charge in [-0.05, 0) is 5.92 Å². The van der Waals surface area contributed by atoms with E-state index in [4.69, 9.17) is 4.52 Å². The molecule has 1 unspecified atom stereocenters. The van der Waals surface area contributed by atoms with Crippen LogP contribution in [-0.4, -0.2) is 23.2 Å². The molecule has 14 heavy (non-hydrogen) atoms. The molecule has 0 saturated heterocycles. The number of aromatic nitrogens is 2. The van der Waals surface area contributed by atoms with Crippen LogP contribution in [0.3, 0.4) is 0 Å². The molecule has 1 N–H and O–H groups in total. The molecule has 1 aromatic rings. The molecule has 0 fully saturated rings. The van der Waals surface area contributed by atoms with Gasteiger partial charge >= 0.3 is 0 Å². The number of aryl methyl sites for hydroxylation is 1. The van der Waals surface area contributed by atoms with Gasteiger partial charge in [0, 0.05) is 25.1 Å². The van der Waals surface area contributed by atoms with Gasteiger partial charge in [0.15, 0.2) is 5.82 Å². The van der Waals surface area contributed by atoms with Crippen molar-refractivity contribution >= 4 is 5.57 Å². The van der Waals surface area contributed by atoms with Crippen LogP contribution in [0.25, 0.3) is 5.57 Å². The maximum Gasteiger partial charge on any atom is 0.254 e. The fraction of sp³-hybridized carbons (Fsp3) is 0.600. The molecule has 2 heterocycles. The minimum Gasteiger partial charge on any atom is -0.334 e. The summed E-state index contributed by atoms with van der Waals surface area (Å²) in [5, 5.41) is 7.19. The van der Waals surface area contributed by atoms with E-state index in [0.29, 0.717) is 11.8 Å². The molecule has 0 bridgehead atoms. The zero-order valence-corrected chi connectivity index (χ0v) is 8.58. The summed E-state index contributed by atoms with van der Waals surface area (Å²) in [5.41, 5.74) is 1.12. The summed E-state index contributed by atoms with van der Waals surface area (Å²) in [7, 11) is 0. The lowest BCUT2D eigenvalue weighted by Crippen LogP contribution is -2.27. The smallest absolute Gasteiger partial charge is 0.254 e. The molecule has 0 aliphatic carbocycles. The van der Waals surface area contributed by atoms with E-state index in [9.17, 15) is 0 Å². The Bertz CT molecular complexity index is 343. The van der Waals surface area contributed by atoms with Crippen LogP contribution in [0.15, 0.2) is 10.6 Å².